The molecule has 6 rings (SSSR count). The Bertz CT molecular complexity index is 1540. The Balaban J connectivity index is 1.68. The molecule has 1 atom stereocenters. The molecule has 0 aromatic heterocycles. The van der Waals surface area contributed by atoms with E-state index in [1.807, 2.05) is 48.5 Å². The molecule has 2 aliphatic heterocycles. The number of para-hydroxylation sites is 1. The van der Waals surface area contributed by atoms with E-state index in [-0.39, 0.29) is 5.97 Å². The van der Waals surface area contributed by atoms with Gasteiger partial charge in [-0.3, -0.25) is 0 Å². The van der Waals surface area contributed by atoms with Crippen molar-refractivity contribution in [1.82, 2.24) is 0 Å². The van der Waals surface area contributed by atoms with Crippen LogP contribution in [0.5, 0.6) is 11.5 Å². The molecule has 0 aliphatic carbocycles. The number of hydrogen-bond donors (Lipinski definition) is 1. The molecule has 0 fully saturated rings. The number of rotatable bonds is 4. The molecule has 0 amide bonds. The number of aryl methyl sites for hydroxylation is 3. The quantitative estimate of drug-likeness (QED) is 0.307. The highest BCUT2D eigenvalue weighted by molar-refractivity contribution is 5.97. The summed E-state index contributed by atoms with van der Waals surface area (Å²) in [5.74, 6) is 1.10. The average molecular weight is 476 g/mol. The summed E-state index contributed by atoms with van der Waals surface area (Å²) in [5, 5.41) is 3.79. The van der Waals surface area contributed by atoms with E-state index in [1.165, 1.54) is 16.7 Å². The minimum atomic E-state index is -1.10. The van der Waals surface area contributed by atoms with Gasteiger partial charge >= 0.3 is 5.97 Å². The normalized spacial score (nSPS) is 17.2. The summed E-state index contributed by atoms with van der Waals surface area (Å²) in [6.45, 7) is 8.59. The molecule has 0 bridgehead atoms. The van der Waals surface area contributed by atoms with Crippen molar-refractivity contribution in [3.05, 3.63) is 117 Å². The Labute approximate surface area is 211 Å². The Morgan fingerprint density at radius 1 is 0.833 bits per heavy atom. The van der Waals surface area contributed by atoms with Gasteiger partial charge < -0.3 is 14.8 Å². The summed E-state index contributed by atoms with van der Waals surface area (Å²) in [4.78, 5) is 13.3. The van der Waals surface area contributed by atoms with Gasteiger partial charge in [-0.15, -0.1) is 0 Å². The summed E-state index contributed by atoms with van der Waals surface area (Å²) in [7, 11) is 0. The molecule has 4 nitrogen and oxygen atoms in total. The molecule has 0 radical (unpaired) electrons. The summed E-state index contributed by atoms with van der Waals surface area (Å²) < 4.78 is 12.9. The van der Waals surface area contributed by atoms with Crippen LogP contribution in [0.3, 0.4) is 0 Å². The maximum Gasteiger partial charge on any atom is 0.340 e. The third kappa shape index (κ3) is 3.10. The molecule has 4 aromatic rings. The predicted octanol–water partition coefficient (Wildman–Crippen LogP) is 7.74. The summed E-state index contributed by atoms with van der Waals surface area (Å²) in [6, 6.07) is 24.2. The number of fused-ring (bicyclic) bond motifs is 6. The largest absolute Gasteiger partial charge is 0.456 e. The van der Waals surface area contributed by atoms with Crippen LogP contribution in [-0.4, -0.2) is 5.97 Å². The maximum atomic E-state index is 13.3. The van der Waals surface area contributed by atoms with Crippen molar-refractivity contribution in [3.8, 4) is 11.5 Å². The third-order valence-corrected chi connectivity index (χ3v) is 7.64. The number of hydrogen-bond acceptors (Lipinski definition) is 4. The minimum absolute atomic E-state index is 0.320. The van der Waals surface area contributed by atoms with Gasteiger partial charge in [-0.2, -0.15) is 0 Å². The maximum absolute atomic E-state index is 13.3. The lowest BCUT2D eigenvalue weighted by molar-refractivity contribution is 0.0227. The van der Waals surface area contributed by atoms with Gasteiger partial charge in [-0.25, -0.2) is 4.79 Å². The monoisotopic (exact) mass is 475 g/mol. The molecule has 36 heavy (non-hydrogen) atoms. The molecule has 0 saturated carbocycles. The van der Waals surface area contributed by atoms with Gasteiger partial charge in [0.05, 0.1) is 16.8 Å². The highest BCUT2D eigenvalue weighted by Gasteiger charge is 2.54. The second-order valence-electron chi connectivity index (χ2n) is 9.60. The van der Waals surface area contributed by atoms with Crippen LogP contribution in [0.2, 0.25) is 0 Å². The molecule has 1 spiro atoms. The Morgan fingerprint density at radius 2 is 1.58 bits per heavy atom. The van der Waals surface area contributed by atoms with Gasteiger partial charge in [0.25, 0.3) is 0 Å². The van der Waals surface area contributed by atoms with Crippen molar-refractivity contribution in [3.63, 3.8) is 0 Å². The predicted molar refractivity (Wildman–Crippen MR) is 143 cm³/mol. The van der Waals surface area contributed by atoms with Crippen molar-refractivity contribution < 1.29 is 14.3 Å². The fraction of sp³-hybridized carbons (Fsp3) is 0.219. The van der Waals surface area contributed by atoms with Gasteiger partial charge in [0.2, 0.25) is 0 Å². The van der Waals surface area contributed by atoms with E-state index in [1.54, 1.807) is 0 Å². The zero-order valence-corrected chi connectivity index (χ0v) is 21.1. The molecule has 180 valence electrons. The summed E-state index contributed by atoms with van der Waals surface area (Å²) in [5.41, 5.74) is 8.81. The first-order chi connectivity index (χ1) is 17.5. The molecular formula is C32H29NO3. The van der Waals surface area contributed by atoms with Crippen LogP contribution >= 0.6 is 0 Å². The molecule has 1 N–H and O–H groups in total. The molecule has 4 heteroatoms. The lowest BCUT2D eigenvalue weighted by atomic mass is 9.76. The molecule has 2 heterocycles. The second kappa shape index (κ2) is 8.27. The van der Waals surface area contributed by atoms with E-state index in [0.717, 1.165) is 46.5 Å². The van der Waals surface area contributed by atoms with Crippen LogP contribution in [0.4, 0.5) is 11.4 Å². The van der Waals surface area contributed by atoms with Crippen LogP contribution in [0, 0.1) is 13.8 Å². The van der Waals surface area contributed by atoms with Crippen molar-refractivity contribution in [2.24, 2.45) is 0 Å². The van der Waals surface area contributed by atoms with Crippen LogP contribution in [0.25, 0.3) is 0 Å². The number of anilines is 2. The lowest BCUT2D eigenvalue weighted by Crippen LogP contribution is -2.34. The Kier molecular flexibility index (Phi) is 5.15. The molecule has 1 unspecified atom stereocenters. The van der Waals surface area contributed by atoms with Crippen LogP contribution < -0.4 is 10.1 Å². The molecular weight excluding hydrogens is 446 g/mol. The molecule has 2 aliphatic rings. The smallest absolute Gasteiger partial charge is 0.340 e. The number of ether oxygens (including phenoxy) is 2. The minimum Gasteiger partial charge on any atom is -0.456 e. The van der Waals surface area contributed by atoms with E-state index < -0.39 is 5.60 Å². The van der Waals surface area contributed by atoms with Crippen molar-refractivity contribution in [2.45, 2.75) is 46.1 Å². The average Bonchev–Trinajstić information content (AvgIpc) is 3.19. The number of esters is 1. The van der Waals surface area contributed by atoms with Gasteiger partial charge in [-0.1, -0.05) is 62.4 Å². The number of carbonyl (C=O) groups is 1. The molecule has 0 saturated heterocycles. The first kappa shape index (κ1) is 22.4. The van der Waals surface area contributed by atoms with E-state index in [0.29, 0.717) is 17.1 Å². The van der Waals surface area contributed by atoms with Gasteiger partial charge in [0, 0.05) is 16.8 Å². The van der Waals surface area contributed by atoms with Gasteiger partial charge in [0.1, 0.15) is 11.5 Å². The van der Waals surface area contributed by atoms with Crippen LogP contribution in [0.15, 0.2) is 72.8 Å². The number of nitrogens with one attached hydrogen (secondary N) is 1. The second-order valence-corrected chi connectivity index (χ2v) is 9.60. The van der Waals surface area contributed by atoms with E-state index in [9.17, 15) is 4.79 Å². The highest BCUT2D eigenvalue weighted by atomic mass is 16.6. The number of carbonyl (C=O) groups excluding carboxylic acids is 1. The highest BCUT2D eigenvalue weighted by Crippen LogP contribution is 2.58. The number of benzene rings is 4. The topological polar surface area (TPSA) is 47.6 Å². The fourth-order valence-corrected chi connectivity index (χ4v) is 5.60. The van der Waals surface area contributed by atoms with E-state index >= 15 is 0 Å². The van der Waals surface area contributed by atoms with Gasteiger partial charge in [-0.05, 0) is 73.2 Å². The van der Waals surface area contributed by atoms with E-state index in [2.05, 4.69) is 57.3 Å². The SMILES string of the molecule is CCc1cc(Nc2c(CC)ccc(C)c2C)c2c(c1)Oc1ccccc1C21OC(=O)c2ccccc21. The Morgan fingerprint density at radius 3 is 2.36 bits per heavy atom. The first-order valence-corrected chi connectivity index (χ1v) is 12.6. The zero-order valence-electron chi connectivity index (χ0n) is 21.1. The van der Waals surface area contributed by atoms with E-state index in [4.69, 9.17) is 9.47 Å². The van der Waals surface area contributed by atoms with Crippen LogP contribution in [0.1, 0.15) is 63.1 Å². The first-order valence-electron chi connectivity index (χ1n) is 12.6. The van der Waals surface area contributed by atoms with Crippen molar-refractivity contribution >= 4 is 17.3 Å². The third-order valence-electron chi connectivity index (χ3n) is 7.64. The zero-order chi connectivity index (χ0) is 25.0. The summed E-state index contributed by atoms with van der Waals surface area (Å²) in [6.07, 6.45) is 1.76. The molecule has 4 aromatic carbocycles. The van der Waals surface area contributed by atoms with Gasteiger partial charge in [0.15, 0.2) is 5.60 Å². The summed E-state index contributed by atoms with van der Waals surface area (Å²) >= 11 is 0. The van der Waals surface area contributed by atoms with Crippen LogP contribution in [-0.2, 0) is 23.2 Å². The fourth-order valence-electron chi connectivity index (χ4n) is 5.60. The van der Waals surface area contributed by atoms with Crippen molar-refractivity contribution in [2.75, 3.05) is 5.32 Å². The standard InChI is InChI=1S/C32H29NO3/c1-5-21-17-26(33-30-20(4)19(3)15-16-22(30)6-2)29-28(18-21)35-27-14-10-9-13-25(27)32(29)24-12-8-7-11-23(24)31(34)36-32/h7-18,33H,5-6H2,1-4H3. The Hall–Kier alpha value is -4.05. The lowest BCUT2D eigenvalue weighted by Gasteiger charge is -2.38. The van der Waals surface area contributed by atoms with Crippen molar-refractivity contribution in [1.29, 1.82) is 0 Å².